The molecule has 0 atom stereocenters. The summed E-state index contributed by atoms with van der Waals surface area (Å²) in [6.07, 6.45) is 8.51. The van der Waals surface area contributed by atoms with Crippen LogP contribution in [0.5, 0.6) is 0 Å². The van der Waals surface area contributed by atoms with E-state index in [9.17, 15) is 0 Å². The van der Waals surface area contributed by atoms with Gasteiger partial charge < -0.3 is 0 Å². The first-order valence-electron chi connectivity index (χ1n) is 10.6. The maximum atomic E-state index is 5.11. The van der Waals surface area contributed by atoms with E-state index in [1.807, 2.05) is 4.68 Å². The molecule has 5 heteroatoms. The van der Waals surface area contributed by atoms with E-state index in [0.717, 1.165) is 46.7 Å². The Bertz CT molecular complexity index is 944. The Kier molecular flexibility index (Phi) is 3.25. The average molecular weight is 361 g/mol. The van der Waals surface area contributed by atoms with E-state index >= 15 is 0 Å². The molecule has 140 valence electrons. The number of amidine groups is 1. The fourth-order valence-electron chi connectivity index (χ4n) is 6.72. The van der Waals surface area contributed by atoms with E-state index in [1.54, 1.807) is 0 Å². The summed E-state index contributed by atoms with van der Waals surface area (Å²) in [6, 6.07) is 6.66. The van der Waals surface area contributed by atoms with E-state index < -0.39 is 0 Å². The zero-order valence-electron chi connectivity index (χ0n) is 16.2. The Morgan fingerprint density at radius 2 is 1.74 bits per heavy atom. The molecular weight excluding hydrogens is 334 g/mol. The van der Waals surface area contributed by atoms with Crippen molar-refractivity contribution in [3.63, 3.8) is 0 Å². The molecule has 0 saturated heterocycles. The second-order valence-electron chi connectivity index (χ2n) is 9.73. The van der Waals surface area contributed by atoms with Gasteiger partial charge in [0.15, 0.2) is 5.84 Å². The number of aromatic nitrogens is 3. The van der Waals surface area contributed by atoms with Crippen LogP contribution in [0.2, 0.25) is 0 Å². The predicted octanol–water partition coefficient (Wildman–Crippen LogP) is 4.43. The van der Waals surface area contributed by atoms with E-state index in [2.05, 4.69) is 42.4 Å². The molecular formula is C22H27N5. The Morgan fingerprint density at radius 1 is 1.04 bits per heavy atom. The van der Waals surface area contributed by atoms with Crippen molar-refractivity contribution in [2.75, 3.05) is 6.54 Å². The number of aliphatic imine (C=N–C) groups is 2. The molecule has 5 nitrogen and oxygen atoms in total. The highest BCUT2D eigenvalue weighted by Gasteiger charge is 2.53. The Balaban J connectivity index is 1.32. The molecule has 0 radical (unpaired) electrons. The second kappa shape index (κ2) is 5.49. The van der Waals surface area contributed by atoms with Crippen molar-refractivity contribution in [3.8, 4) is 0 Å². The number of nitrogens with zero attached hydrogens (tertiary/aromatic N) is 5. The van der Waals surface area contributed by atoms with Crippen LogP contribution < -0.4 is 0 Å². The van der Waals surface area contributed by atoms with Crippen molar-refractivity contribution in [3.05, 3.63) is 23.8 Å². The summed E-state index contributed by atoms with van der Waals surface area (Å²) in [5.74, 6) is 3.75. The zero-order valence-corrected chi connectivity index (χ0v) is 16.2. The quantitative estimate of drug-likeness (QED) is 0.812. The van der Waals surface area contributed by atoms with Gasteiger partial charge in [-0.2, -0.15) is 0 Å². The van der Waals surface area contributed by atoms with Gasteiger partial charge in [-0.15, -0.1) is 5.10 Å². The number of benzene rings is 1. The minimum atomic E-state index is 0.311. The molecule has 4 fully saturated rings. The Labute approximate surface area is 160 Å². The Hall–Kier alpha value is -2.04. The van der Waals surface area contributed by atoms with Crippen molar-refractivity contribution in [1.29, 1.82) is 0 Å². The van der Waals surface area contributed by atoms with E-state index in [-0.39, 0.29) is 0 Å². The molecule has 2 aromatic rings. The van der Waals surface area contributed by atoms with Crippen LogP contribution in [0.1, 0.15) is 64.0 Å². The summed E-state index contributed by atoms with van der Waals surface area (Å²) in [5, 5.41) is 8.65. The second-order valence-corrected chi connectivity index (χ2v) is 9.73. The van der Waals surface area contributed by atoms with Crippen molar-refractivity contribution >= 4 is 22.6 Å². The first-order valence-corrected chi connectivity index (χ1v) is 10.6. The predicted molar refractivity (Wildman–Crippen MR) is 107 cm³/mol. The highest BCUT2D eigenvalue weighted by Crippen LogP contribution is 2.60. The van der Waals surface area contributed by atoms with Crippen LogP contribution in [0.4, 0.5) is 0 Å². The van der Waals surface area contributed by atoms with Crippen LogP contribution in [0, 0.1) is 23.2 Å². The number of hydrogen-bond donors (Lipinski definition) is 0. The topological polar surface area (TPSA) is 55.4 Å². The number of fused-ring (bicyclic) bond motifs is 1. The highest BCUT2D eigenvalue weighted by molar-refractivity contribution is 6.14. The van der Waals surface area contributed by atoms with E-state index in [1.165, 1.54) is 44.2 Å². The first kappa shape index (κ1) is 16.0. The lowest BCUT2D eigenvalue weighted by Crippen LogP contribution is -2.50. The first-order chi connectivity index (χ1) is 13.1. The van der Waals surface area contributed by atoms with Gasteiger partial charge in [0.2, 0.25) is 0 Å². The van der Waals surface area contributed by atoms with Crippen molar-refractivity contribution < 1.29 is 0 Å². The molecule has 7 rings (SSSR count). The fraction of sp³-hybridized carbons (Fsp3) is 0.636. The molecule has 5 aliphatic rings. The lowest BCUT2D eigenvalue weighted by Gasteiger charge is -2.56. The van der Waals surface area contributed by atoms with E-state index in [4.69, 9.17) is 9.98 Å². The molecule has 1 aromatic heterocycles. The van der Waals surface area contributed by atoms with Gasteiger partial charge in [-0.25, -0.2) is 9.67 Å². The molecule has 0 unspecified atom stereocenters. The average Bonchev–Trinajstić information content (AvgIpc) is 3.28. The SMILES string of the molecule is CC(C)n1nnc2cc(C3=NCC(C45CC6CC(CC(C6)C4)C5)=N3)ccc21. The van der Waals surface area contributed by atoms with Crippen LogP contribution in [0.15, 0.2) is 28.2 Å². The molecule has 0 N–H and O–H groups in total. The van der Waals surface area contributed by atoms with Crippen LogP contribution in [-0.2, 0) is 0 Å². The molecule has 1 aromatic carbocycles. The van der Waals surface area contributed by atoms with Crippen LogP contribution in [0.3, 0.4) is 0 Å². The molecule has 4 saturated carbocycles. The summed E-state index contributed by atoms with van der Waals surface area (Å²) in [5.41, 5.74) is 4.84. The maximum Gasteiger partial charge on any atom is 0.155 e. The van der Waals surface area contributed by atoms with Gasteiger partial charge in [0, 0.05) is 22.7 Å². The third-order valence-corrected chi connectivity index (χ3v) is 7.49. The smallest absolute Gasteiger partial charge is 0.155 e. The van der Waals surface area contributed by atoms with Crippen molar-refractivity contribution in [2.45, 2.75) is 58.4 Å². The zero-order chi connectivity index (χ0) is 18.2. The monoisotopic (exact) mass is 361 g/mol. The number of rotatable bonds is 3. The van der Waals surface area contributed by atoms with Crippen LogP contribution in [0.25, 0.3) is 11.0 Å². The summed E-state index contributed by atoms with van der Waals surface area (Å²) in [4.78, 5) is 9.96. The lowest BCUT2D eigenvalue weighted by molar-refractivity contribution is -0.0126. The van der Waals surface area contributed by atoms with Gasteiger partial charge in [0.1, 0.15) is 5.52 Å². The normalized spacial score (nSPS) is 34.6. The van der Waals surface area contributed by atoms with Gasteiger partial charge in [0.25, 0.3) is 0 Å². The van der Waals surface area contributed by atoms with Gasteiger partial charge in [-0.3, -0.25) is 4.99 Å². The number of hydrogen-bond acceptors (Lipinski definition) is 4. The van der Waals surface area contributed by atoms with Crippen LogP contribution in [-0.4, -0.2) is 33.1 Å². The fourth-order valence-corrected chi connectivity index (χ4v) is 6.72. The maximum absolute atomic E-state index is 5.11. The molecule has 27 heavy (non-hydrogen) atoms. The van der Waals surface area contributed by atoms with Crippen molar-refractivity contribution in [1.82, 2.24) is 15.0 Å². The minimum absolute atomic E-state index is 0.311. The van der Waals surface area contributed by atoms with Gasteiger partial charge in [-0.05, 0) is 88.3 Å². The Morgan fingerprint density at radius 3 is 2.41 bits per heavy atom. The summed E-state index contributed by atoms with van der Waals surface area (Å²) in [7, 11) is 0. The highest BCUT2D eigenvalue weighted by atomic mass is 15.4. The van der Waals surface area contributed by atoms with Gasteiger partial charge in [0.05, 0.1) is 12.1 Å². The largest absolute Gasteiger partial charge is 0.260 e. The third kappa shape index (κ3) is 2.36. The lowest BCUT2D eigenvalue weighted by atomic mass is 9.48. The van der Waals surface area contributed by atoms with Gasteiger partial charge in [-0.1, -0.05) is 5.21 Å². The molecule has 4 bridgehead atoms. The summed E-state index contributed by atoms with van der Waals surface area (Å²) >= 11 is 0. The minimum Gasteiger partial charge on any atom is -0.260 e. The molecule has 0 spiro atoms. The summed E-state index contributed by atoms with van der Waals surface area (Å²) in [6.45, 7) is 5.06. The van der Waals surface area contributed by atoms with Crippen molar-refractivity contribution in [2.24, 2.45) is 33.2 Å². The molecule has 4 aliphatic carbocycles. The molecule has 1 aliphatic heterocycles. The summed E-state index contributed by atoms with van der Waals surface area (Å²) < 4.78 is 1.97. The van der Waals surface area contributed by atoms with E-state index in [0.29, 0.717) is 11.5 Å². The third-order valence-electron chi connectivity index (χ3n) is 7.49. The standard InChI is InChI=1S/C22H27N5/c1-13(2)27-19-4-3-17(8-18(19)25-26-27)21-23-12-20(24-21)22-9-14-5-15(10-22)7-16(6-14)11-22/h3-4,8,13-16H,5-7,9-12H2,1-2H3. The van der Waals surface area contributed by atoms with Crippen LogP contribution >= 0.6 is 0 Å². The van der Waals surface area contributed by atoms with Gasteiger partial charge >= 0.3 is 0 Å². The molecule has 2 heterocycles. The molecule has 0 amide bonds.